The summed E-state index contributed by atoms with van der Waals surface area (Å²) in [7, 11) is 0. The molecule has 3 N–H and O–H groups in total. The predicted octanol–water partition coefficient (Wildman–Crippen LogP) is 1.35. The number of hydrogen-bond acceptors (Lipinski definition) is 5. The molecule has 3 heterocycles. The van der Waals surface area contributed by atoms with Gasteiger partial charge >= 0.3 is 0 Å². The molecule has 3 rings (SSSR count). The minimum Gasteiger partial charge on any atom is -0.382 e. The highest BCUT2D eigenvalue weighted by atomic mass is 32.1. The van der Waals surface area contributed by atoms with Gasteiger partial charge in [-0.3, -0.25) is 9.59 Å². The van der Waals surface area contributed by atoms with Crippen LogP contribution in [0.3, 0.4) is 0 Å². The highest BCUT2D eigenvalue weighted by molar-refractivity contribution is 7.12. The number of rotatable bonds is 1. The van der Waals surface area contributed by atoms with Gasteiger partial charge in [-0.25, -0.2) is 0 Å². The van der Waals surface area contributed by atoms with Gasteiger partial charge in [-0.1, -0.05) is 13.0 Å². The summed E-state index contributed by atoms with van der Waals surface area (Å²) < 4.78 is 1.18. The fourth-order valence-corrected chi connectivity index (χ4v) is 2.74. The lowest BCUT2D eigenvalue weighted by atomic mass is 9.98. The highest BCUT2D eigenvalue weighted by Gasteiger charge is 2.30. The molecule has 2 aromatic rings. The number of fused-ring (bicyclic) bond motifs is 1. The Kier molecular flexibility index (Phi) is 2.63. The van der Waals surface area contributed by atoms with Crippen molar-refractivity contribution in [2.45, 2.75) is 13.3 Å². The van der Waals surface area contributed by atoms with Crippen molar-refractivity contribution in [1.29, 1.82) is 0 Å². The van der Waals surface area contributed by atoms with Crippen molar-refractivity contribution in [2.75, 3.05) is 11.1 Å². The summed E-state index contributed by atoms with van der Waals surface area (Å²) in [6.45, 7) is 1.82. The summed E-state index contributed by atoms with van der Waals surface area (Å²) in [4.78, 5) is 24.6. The van der Waals surface area contributed by atoms with Crippen LogP contribution in [0.15, 0.2) is 17.5 Å². The van der Waals surface area contributed by atoms with Gasteiger partial charge in [-0.15, -0.1) is 16.4 Å². The first-order valence-electron chi connectivity index (χ1n) is 5.84. The first kappa shape index (κ1) is 11.9. The van der Waals surface area contributed by atoms with E-state index in [0.29, 0.717) is 22.9 Å². The summed E-state index contributed by atoms with van der Waals surface area (Å²) in [6.07, 6.45) is 0.505. The first-order chi connectivity index (χ1) is 9.08. The van der Waals surface area contributed by atoms with E-state index in [4.69, 9.17) is 5.73 Å². The quantitative estimate of drug-likeness (QED) is 0.822. The number of thiophene rings is 1. The highest BCUT2D eigenvalue weighted by Crippen LogP contribution is 2.30. The largest absolute Gasteiger partial charge is 0.382 e. The van der Waals surface area contributed by atoms with E-state index in [9.17, 15) is 9.59 Å². The summed E-state index contributed by atoms with van der Waals surface area (Å²) in [5.41, 5.74) is 6.56. The molecule has 19 heavy (non-hydrogen) atoms. The van der Waals surface area contributed by atoms with E-state index in [1.54, 1.807) is 12.1 Å². The van der Waals surface area contributed by atoms with Gasteiger partial charge in [0.25, 0.3) is 5.91 Å². The van der Waals surface area contributed by atoms with Crippen LogP contribution in [0.25, 0.3) is 0 Å². The SMILES string of the molecule is CC1Cc2c(N)nn(C(=O)c3cccs3)c2NC1=O. The number of carbonyl (C=O) groups is 2. The summed E-state index contributed by atoms with van der Waals surface area (Å²) in [5.74, 6) is 0.139. The molecule has 1 aliphatic heterocycles. The maximum Gasteiger partial charge on any atom is 0.290 e. The van der Waals surface area contributed by atoms with Gasteiger partial charge in [0.15, 0.2) is 5.82 Å². The van der Waals surface area contributed by atoms with Gasteiger partial charge in [0, 0.05) is 11.5 Å². The Morgan fingerprint density at radius 1 is 1.63 bits per heavy atom. The molecule has 0 saturated heterocycles. The molecule has 0 saturated carbocycles. The van der Waals surface area contributed by atoms with Crippen LogP contribution in [0.2, 0.25) is 0 Å². The minimum atomic E-state index is -0.280. The lowest BCUT2D eigenvalue weighted by Crippen LogP contribution is -2.30. The smallest absolute Gasteiger partial charge is 0.290 e. The van der Waals surface area contributed by atoms with E-state index < -0.39 is 0 Å². The minimum absolute atomic E-state index is 0.118. The predicted molar refractivity (Wildman–Crippen MR) is 72.2 cm³/mol. The molecule has 0 radical (unpaired) electrons. The summed E-state index contributed by atoms with van der Waals surface area (Å²) in [5, 5.41) is 8.57. The average Bonchev–Trinajstić information content (AvgIpc) is 3.00. The van der Waals surface area contributed by atoms with Crippen LogP contribution >= 0.6 is 11.3 Å². The van der Waals surface area contributed by atoms with Crippen molar-refractivity contribution in [3.05, 3.63) is 28.0 Å². The lowest BCUT2D eigenvalue weighted by molar-refractivity contribution is -0.119. The van der Waals surface area contributed by atoms with E-state index in [2.05, 4.69) is 10.4 Å². The van der Waals surface area contributed by atoms with E-state index in [1.807, 2.05) is 12.3 Å². The Labute approximate surface area is 113 Å². The van der Waals surface area contributed by atoms with Crippen LogP contribution in [-0.2, 0) is 11.2 Å². The second-order valence-corrected chi connectivity index (χ2v) is 5.45. The average molecular weight is 276 g/mol. The van der Waals surface area contributed by atoms with E-state index in [0.717, 1.165) is 5.56 Å². The van der Waals surface area contributed by atoms with E-state index in [-0.39, 0.29) is 17.7 Å². The molecule has 6 nitrogen and oxygen atoms in total. The van der Waals surface area contributed by atoms with Crippen molar-refractivity contribution < 1.29 is 9.59 Å². The van der Waals surface area contributed by atoms with Crippen LogP contribution in [0.1, 0.15) is 22.2 Å². The maximum atomic E-state index is 12.3. The number of nitrogens with zero attached hydrogens (tertiary/aromatic N) is 2. The third-order valence-corrected chi connectivity index (χ3v) is 4.00. The van der Waals surface area contributed by atoms with Crippen molar-refractivity contribution in [2.24, 2.45) is 5.92 Å². The standard InChI is InChI=1S/C12H12N4O2S/c1-6-5-7-9(13)15-16(10(7)14-11(6)17)12(18)8-3-2-4-19-8/h2-4,6H,5H2,1H3,(H2,13,15)(H,14,17). The van der Waals surface area contributed by atoms with Gasteiger partial charge in [0.05, 0.1) is 4.88 Å². The Morgan fingerprint density at radius 3 is 3.11 bits per heavy atom. The fourth-order valence-electron chi connectivity index (χ4n) is 2.09. The molecule has 0 aliphatic carbocycles. The molecule has 0 aromatic carbocycles. The van der Waals surface area contributed by atoms with E-state index >= 15 is 0 Å². The van der Waals surface area contributed by atoms with Crippen molar-refractivity contribution in [3.8, 4) is 0 Å². The number of amides is 1. The third kappa shape index (κ3) is 1.82. The Balaban J connectivity index is 2.07. The fraction of sp³-hybridized carbons (Fsp3) is 0.250. The number of nitrogens with one attached hydrogen (secondary N) is 1. The molecular weight excluding hydrogens is 264 g/mol. The normalized spacial score (nSPS) is 17.9. The molecule has 0 bridgehead atoms. The van der Waals surface area contributed by atoms with Crippen molar-refractivity contribution >= 4 is 34.8 Å². The Hall–Kier alpha value is -2.15. The number of anilines is 2. The zero-order valence-electron chi connectivity index (χ0n) is 10.2. The number of carbonyl (C=O) groups excluding carboxylic acids is 2. The molecular formula is C12H12N4O2S. The van der Waals surface area contributed by atoms with Crippen molar-refractivity contribution in [3.63, 3.8) is 0 Å². The van der Waals surface area contributed by atoms with E-state index in [1.165, 1.54) is 16.0 Å². The molecule has 98 valence electrons. The zero-order chi connectivity index (χ0) is 13.6. The van der Waals surface area contributed by atoms with Crippen LogP contribution < -0.4 is 11.1 Å². The Morgan fingerprint density at radius 2 is 2.42 bits per heavy atom. The van der Waals surface area contributed by atoms with Gasteiger partial charge in [-0.05, 0) is 17.9 Å². The molecule has 2 aromatic heterocycles. The number of aromatic nitrogens is 2. The monoisotopic (exact) mass is 276 g/mol. The van der Waals surface area contributed by atoms with Gasteiger partial charge in [0.2, 0.25) is 5.91 Å². The molecule has 7 heteroatoms. The molecule has 1 atom stereocenters. The summed E-state index contributed by atoms with van der Waals surface area (Å²) >= 11 is 1.32. The zero-order valence-corrected chi connectivity index (χ0v) is 11.0. The molecule has 0 fully saturated rings. The third-order valence-electron chi connectivity index (χ3n) is 3.14. The van der Waals surface area contributed by atoms with Crippen molar-refractivity contribution in [1.82, 2.24) is 9.78 Å². The maximum absolute atomic E-state index is 12.3. The number of nitrogens with two attached hydrogens (primary N) is 1. The van der Waals surface area contributed by atoms with Crippen LogP contribution in [0.5, 0.6) is 0 Å². The van der Waals surface area contributed by atoms with Gasteiger partial charge < -0.3 is 11.1 Å². The lowest BCUT2D eigenvalue weighted by Gasteiger charge is -2.19. The van der Waals surface area contributed by atoms with Crippen LogP contribution in [0.4, 0.5) is 11.6 Å². The van der Waals surface area contributed by atoms with Gasteiger partial charge in [0.1, 0.15) is 5.82 Å². The van der Waals surface area contributed by atoms with Crippen LogP contribution in [-0.4, -0.2) is 21.6 Å². The molecule has 1 amide bonds. The Bertz CT molecular complexity index is 660. The topological polar surface area (TPSA) is 90.0 Å². The second-order valence-electron chi connectivity index (χ2n) is 4.50. The number of nitrogen functional groups attached to an aromatic ring is 1. The number of hydrogen-bond donors (Lipinski definition) is 2. The van der Waals surface area contributed by atoms with Crippen LogP contribution in [0, 0.1) is 5.92 Å². The molecule has 1 unspecified atom stereocenters. The summed E-state index contributed by atoms with van der Waals surface area (Å²) in [6, 6.07) is 3.50. The second kappa shape index (κ2) is 4.20. The first-order valence-corrected chi connectivity index (χ1v) is 6.72. The molecule has 0 spiro atoms. The van der Waals surface area contributed by atoms with Gasteiger partial charge in [-0.2, -0.15) is 4.68 Å². The molecule has 1 aliphatic rings.